The summed E-state index contributed by atoms with van der Waals surface area (Å²) < 4.78 is 10.4. The van der Waals surface area contributed by atoms with Crippen LogP contribution in [-0.4, -0.2) is 49.5 Å². The SMILES string of the molecule is O=C(O)c1ccc(CCNC(=O)[C@H]2COCCO2)cc1. The van der Waals surface area contributed by atoms with Crippen LogP contribution in [0.4, 0.5) is 0 Å². The highest BCUT2D eigenvalue weighted by molar-refractivity contribution is 5.87. The average Bonchev–Trinajstić information content (AvgIpc) is 2.48. The summed E-state index contributed by atoms with van der Waals surface area (Å²) >= 11 is 0. The molecule has 2 N–H and O–H groups in total. The third-order valence-corrected chi connectivity index (χ3v) is 3.02. The number of rotatable bonds is 5. The minimum atomic E-state index is -0.945. The van der Waals surface area contributed by atoms with Gasteiger partial charge in [0, 0.05) is 6.54 Å². The normalized spacial score (nSPS) is 18.5. The Morgan fingerprint density at radius 1 is 1.25 bits per heavy atom. The Labute approximate surface area is 116 Å². The largest absolute Gasteiger partial charge is 0.478 e. The molecule has 0 aromatic heterocycles. The molecule has 0 spiro atoms. The number of amides is 1. The lowest BCUT2D eigenvalue weighted by atomic mass is 10.1. The third kappa shape index (κ3) is 4.04. The van der Waals surface area contributed by atoms with E-state index in [1.165, 1.54) is 0 Å². The number of hydrogen-bond acceptors (Lipinski definition) is 4. The van der Waals surface area contributed by atoms with Crippen LogP contribution >= 0.6 is 0 Å². The molecule has 0 aliphatic carbocycles. The van der Waals surface area contributed by atoms with Crippen LogP contribution in [0.5, 0.6) is 0 Å². The molecule has 1 aromatic carbocycles. The molecule has 0 unspecified atom stereocenters. The maximum absolute atomic E-state index is 11.7. The van der Waals surface area contributed by atoms with Crippen LogP contribution in [0.2, 0.25) is 0 Å². The van der Waals surface area contributed by atoms with Gasteiger partial charge in [-0.2, -0.15) is 0 Å². The zero-order valence-electron chi connectivity index (χ0n) is 11.0. The van der Waals surface area contributed by atoms with Gasteiger partial charge < -0.3 is 19.9 Å². The van der Waals surface area contributed by atoms with Crippen LogP contribution in [0.15, 0.2) is 24.3 Å². The van der Waals surface area contributed by atoms with E-state index in [0.717, 1.165) is 5.56 Å². The van der Waals surface area contributed by atoms with Crippen LogP contribution in [0.1, 0.15) is 15.9 Å². The Hall–Kier alpha value is -1.92. The Balaban J connectivity index is 1.74. The highest BCUT2D eigenvalue weighted by atomic mass is 16.6. The fraction of sp³-hybridized carbons (Fsp3) is 0.429. The summed E-state index contributed by atoms with van der Waals surface area (Å²) in [6, 6.07) is 6.60. The number of aromatic carboxylic acids is 1. The number of carbonyl (C=O) groups excluding carboxylic acids is 1. The lowest BCUT2D eigenvalue weighted by Crippen LogP contribution is -2.43. The van der Waals surface area contributed by atoms with E-state index in [2.05, 4.69) is 5.32 Å². The molecule has 1 saturated heterocycles. The van der Waals surface area contributed by atoms with Gasteiger partial charge in [0.15, 0.2) is 6.10 Å². The molecule has 0 saturated carbocycles. The Morgan fingerprint density at radius 3 is 2.60 bits per heavy atom. The van der Waals surface area contributed by atoms with Crippen LogP contribution in [-0.2, 0) is 20.7 Å². The minimum Gasteiger partial charge on any atom is -0.478 e. The van der Waals surface area contributed by atoms with Crippen molar-refractivity contribution in [2.75, 3.05) is 26.4 Å². The molecular weight excluding hydrogens is 262 g/mol. The zero-order chi connectivity index (χ0) is 14.4. The van der Waals surface area contributed by atoms with Crippen molar-refractivity contribution in [1.29, 1.82) is 0 Å². The fourth-order valence-electron chi connectivity index (χ4n) is 1.90. The number of benzene rings is 1. The van der Waals surface area contributed by atoms with Gasteiger partial charge in [-0.15, -0.1) is 0 Å². The van der Waals surface area contributed by atoms with Crippen molar-refractivity contribution in [3.8, 4) is 0 Å². The van der Waals surface area contributed by atoms with E-state index in [0.29, 0.717) is 32.8 Å². The van der Waals surface area contributed by atoms with Crippen molar-refractivity contribution < 1.29 is 24.2 Å². The summed E-state index contributed by atoms with van der Waals surface area (Å²) in [5.41, 5.74) is 1.22. The van der Waals surface area contributed by atoms with E-state index in [4.69, 9.17) is 14.6 Å². The highest BCUT2D eigenvalue weighted by Gasteiger charge is 2.21. The van der Waals surface area contributed by atoms with E-state index in [-0.39, 0.29) is 11.5 Å². The summed E-state index contributed by atoms with van der Waals surface area (Å²) in [5, 5.41) is 11.6. The molecule has 1 fully saturated rings. The van der Waals surface area contributed by atoms with Gasteiger partial charge in [0.05, 0.1) is 25.4 Å². The second-order valence-corrected chi connectivity index (χ2v) is 4.48. The number of carboxylic acid groups (broad SMARTS) is 1. The summed E-state index contributed by atoms with van der Waals surface area (Å²) in [4.78, 5) is 22.4. The lowest BCUT2D eigenvalue weighted by Gasteiger charge is -2.22. The maximum atomic E-state index is 11.7. The van der Waals surface area contributed by atoms with Gasteiger partial charge in [0.1, 0.15) is 0 Å². The monoisotopic (exact) mass is 279 g/mol. The van der Waals surface area contributed by atoms with Crippen LogP contribution < -0.4 is 5.32 Å². The molecule has 20 heavy (non-hydrogen) atoms. The molecule has 0 bridgehead atoms. The molecule has 1 heterocycles. The van der Waals surface area contributed by atoms with Gasteiger partial charge in [0.25, 0.3) is 5.91 Å². The van der Waals surface area contributed by atoms with Crippen molar-refractivity contribution in [2.24, 2.45) is 0 Å². The number of carboxylic acids is 1. The molecule has 0 radical (unpaired) electrons. The van der Waals surface area contributed by atoms with Gasteiger partial charge in [-0.25, -0.2) is 4.79 Å². The molecule has 1 atom stereocenters. The molecular formula is C14H17NO5. The van der Waals surface area contributed by atoms with Crippen molar-refractivity contribution in [3.63, 3.8) is 0 Å². The van der Waals surface area contributed by atoms with E-state index in [1.807, 2.05) is 0 Å². The molecule has 1 aliphatic heterocycles. The quantitative estimate of drug-likeness (QED) is 0.818. The van der Waals surface area contributed by atoms with Crippen LogP contribution in [0.25, 0.3) is 0 Å². The predicted molar refractivity (Wildman–Crippen MR) is 70.7 cm³/mol. The highest BCUT2D eigenvalue weighted by Crippen LogP contribution is 2.05. The molecule has 1 aromatic rings. The number of carbonyl (C=O) groups is 2. The first-order chi connectivity index (χ1) is 9.66. The standard InChI is InChI=1S/C14H17NO5/c16-13(12-9-19-7-8-20-12)15-6-5-10-1-3-11(4-2-10)14(17)18/h1-4,12H,5-9H2,(H,15,16)(H,17,18)/t12-/m1/s1. The second kappa shape index (κ2) is 7.02. The number of nitrogens with one attached hydrogen (secondary N) is 1. The van der Waals surface area contributed by atoms with Gasteiger partial charge >= 0.3 is 5.97 Å². The van der Waals surface area contributed by atoms with Gasteiger partial charge in [-0.05, 0) is 24.1 Å². The topological polar surface area (TPSA) is 84.9 Å². The molecule has 1 amide bonds. The van der Waals surface area contributed by atoms with Gasteiger partial charge in [-0.1, -0.05) is 12.1 Å². The first kappa shape index (κ1) is 14.5. The van der Waals surface area contributed by atoms with Crippen molar-refractivity contribution >= 4 is 11.9 Å². The molecule has 1 aliphatic rings. The molecule has 6 nitrogen and oxygen atoms in total. The van der Waals surface area contributed by atoms with Crippen molar-refractivity contribution in [3.05, 3.63) is 35.4 Å². The summed E-state index contributed by atoms with van der Waals surface area (Å²) in [6.45, 7) is 1.73. The van der Waals surface area contributed by atoms with Crippen LogP contribution in [0.3, 0.4) is 0 Å². The molecule has 2 rings (SSSR count). The second-order valence-electron chi connectivity index (χ2n) is 4.48. The minimum absolute atomic E-state index is 0.174. The Bertz CT molecular complexity index is 465. The van der Waals surface area contributed by atoms with E-state index < -0.39 is 12.1 Å². The van der Waals surface area contributed by atoms with Gasteiger partial charge in [0.2, 0.25) is 0 Å². The predicted octanol–water partition coefficient (Wildman–Crippen LogP) is 0.459. The summed E-state index contributed by atoms with van der Waals surface area (Å²) in [7, 11) is 0. The maximum Gasteiger partial charge on any atom is 0.335 e. The molecule has 6 heteroatoms. The lowest BCUT2D eigenvalue weighted by molar-refractivity contribution is -0.147. The third-order valence-electron chi connectivity index (χ3n) is 3.02. The fourth-order valence-corrected chi connectivity index (χ4v) is 1.90. The number of hydrogen-bond donors (Lipinski definition) is 2. The van der Waals surface area contributed by atoms with Crippen molar-refractivity contribution in [1.82, 2.24) is 5.32 Å². The number of ether oxygens (including phenoxy) is 2. The summed E-state index contributed by atoms with van der Waals surface area (Å²) in [6.07, 6.45) is 0.109. The summed E-state index contributed by atoms with van der Waals surface area (Å²) in [5.74, 6) is -1.12. The van der Waals surface area contributed by atoms with E-state index in [1.54, 1.807) is 24.3 Å². The molecule has 108 valence electrons. The first-order valence-corrected chi connectivity index (χ1v) is 6.46. The first-order valence-electron chi connectivity index (χ1n) is 6.46. The van der Waals surface area contributed by atoms with E-state index >= 15 is 0 Å². The van der Waals surface area contributed by atoms with E-state index in [9.17, 15) is 9.59 Å². The van der Waals surface area contributed by atoms with Crippen molar-refractivity contribution in [2.45, 2.75) is 12.5 Å². The average molecular weight is 279 g/mol. The Kier molecular flexibility index (Phi) is 5.09. The smallest absolute Gasteiger partial charge is 0.335 e. The zero-order valence-corrected chi connectivity index (χ0v) is 11.0. The van der Waals surface area contributed by atoms with Gasteiger partial charge in [-0.3, -0.25) is 4.79 Å². The van der Waals surface area contributed by atoms with Crippen LogP contribution in [0, 0.1) is 0 Å². The Morgan fingerprint density at radius 2 is 2.00 bits per heavy atom.